The van der Waals surface area contributed by atoms with Crippen LogP contribution in [0.15, 0.2) is 24.3 Å². The highest BCUT2D eigenvalue weighted by atomic mass is 19.1. The second-order valence-corrected chi connectivity index (χ2v) is 6.21. The number of ether oxygens (including phenoxy) is 1. The highest BCUT2D eigenvalue weighted by Gasteiger charge is 2.38. The van der Waals surface area contributed by atoms with Crippen LogP contribution in [0.1, 0.15) is 39.0 Å². The minimum atomic E-state index is -0.392. The van der Waals surface area contributed by atoms with E-state index in [2.05, 4.69) is 5.32 Å². The molecule has 22 heavy (non-hydrogen) atoms. The average Bonchev–Trinajstić information content (AvgIpc) is 2.87. The predicted octanol–water partition coefficient (Wildman–Crippen LogP) is 2.65. The molecule has 5 heteroatoms. The summed E-state index contributed by atoms with van der Waals surface area (Å²) in [6.45, 7) is 2.40. The topological polar surface area (TPSA) is 58.6 Å². The molecular weight excluding hydrogens is 285 g/mol. The first-order valence-electron chi connectivity index (χ1n) is 7.83. The van der Waals surface area contributed by atoms with Gasteiger partial charge >= 0.3 is 0 Å². The van der Waals surface area contributed by atoms with Crippen LogP contribution in [0.2, 0.25) is 0 Å². The zero-order valence-corrected chi connectivity index (χ0v) is 13.0. The lowest BCUT2D eigenvalue weighted by atomic mass is 9.86. The molecule has 1 amide bonds. The predicted molar refractivity (Wildman–Crippen MR) is 82.1 cm³/mol. The lowest BCUT2D eigenvalue weighted by molar-refractivity contribution is -0.122. The smallest absolute Gasteiger partial charge is 0.220 e. The van der Waals surface area contributed by atoms with Crippen molar-refractivity contribution in [2.45, 2.75) is 45.1 Å². The first-order chi connectivity index (χ1) is 10.5. The molecule has 1 aliphatic rings. The number of hydrogen-bond donors (Lipinski definition) is 2. The van der Waals surface area contributed by atoms with Crippen LogP contribution in [0.3, 0.4) is 0 Å². The fraction of sp³-hybridized carbons (Fsp3) is 0.588. The van der Waals surface area contributed by atoms with Gasteiger partial charge in [-0.25, -0.2) is 4.39 Å². The van der Waals surface area contributed by atoms with Crippen LogP contribution in [-0.4, -0.2) is 30.3 Å². The van der Waals surface area contributed by atoms with E-state index >= 15 is 0 Å². The van der Waals surface area contributed by atoms with Gasteiger partial charge in [-0.05, 0) is 31.4 Å². The number of nitrogens with one attached hydrogen (secondary N) is 1. The van der Waals surface area contributed by atoms with Crippen LogP contribution >= 0.6 is 0 Å². The minimum Gasteiger partial charge on any atom is -0.491 e. The van der Waals surface area contributed by atoms with Crippen molar-refractivity contribution in [1.29, 1.82) is 0 Å². The zero-order chi connectivity index (χ0) is 16.0. The molecule has 0 bridgehead atoms. The van der Waals surface area contributed by atoms with Crippen molar-refractivity contribution in [2.24, 2.45) is 5.41 Å². The van der Waals surface area contributed by atoms with Crippen LogP contribution in [0.25, 0.3) is 0 Å². The number of hydrogen-bond acceptors (Lipinski definition) is 3. The summed E-state index contributed by atoms with van der Waals surface area (Å²) < 4.78 is 18.7. The first kappa shape index (κ1) is 16.7. The molecule has 1 aromatic rings. The van der Waals surface area contributed by atoms with Crippen molar-refractivity contribution in [3.05, 3.63) is 30.1 Å². The number of aliphatic hydroxyl groups excluding tert-OH is 1. The summed E-state index contributed by atoms with van der Waals surface area (Å²) in [6.07, 6.45) is 3.74. The standard InChI is InChI=1S/C17H24FNO3/c1-17(12-20)10-4-8-15(17)19-16(21)9-5-11-22-14-7-3-2-6-13(14)18/h2-3,6-7,15,20H,4-5,8-12H2,1H3,(H,19,21). The van der Waals surface area contributed by atoms with Crippen LogP contribution in [-0.2, 0) is 4.79 Å². The Morgan fingerprint density at radius 3 is 3.00 bits per heavy atom. The number of rotatable bonds is 7. The number of para-hydroxylation sites is 1. The van der Waals surface area contributed by atoms with Crippen molar-refractivity contribution >= 4 is 5.91 Å². The quantitative estimate of drug-likeness (QED) is 0.761. The Morgan fingerprint density at radius 1 is 1.50 bits per heavy atom. The minimum absolute atomic E-state index is 0.0382. The van der Waals surface area contributed by atoms with E-state index in [4.69, 9.17) is 4.74 Å². The molecule has 2 N–H and O–H groups in total. The Kier molecular flexibility index (Phi) is 5.77. The molecule has 0 radical (unpaired) electrons. The summed E-state index contributed by atoms with van der Waals surface area (Å²) in [4.78, 5) is 12.0. The van der Waals surface area contributed by atoms with Gasteiger partial charge in [0, 0.05) is 17.9 Å². The van der Waals surface area contributed by atoms with Crippen molar-refractivity contribution in [2.75, 3.05) is 13.2 Å². The van der Waals surface area contributed by atoms with E-state index in [0.29, 0.717) is 19.4 Å². The number of benzene rings is 1. The van der Waals surface area contributed by atoms with Crippen molar-refractivity contribution in [1.82, 2.24) is 5.32 Å². The molecule has 0 aliphatic heterocycles. The monoisotopic (exact) mass is 309 g/mol. The van der Waals surface area contributed by atoms with Gasteiger partial charge < -0.3 is 15.2 Å². The van der Waals surface area contributed by atoms with Crippen LogP contribution in [0.4, 0.5) is 4.39 Å². The molecule has 4 nitrogen and oxygen atoms in total. The van der Waals surface area contributed by atoms with Gasteiger partial charge in [0.05, 0.1) is 13.2 Å². The van der Waals surface area contributed by atoms with Gasteiger partial charge in [-0.15, -0.1) is 0 Å². The van der Waals surface area contributed by atoms with E-state index < -0.39 is 5.82 Å². The highest BCUT2D eigenvalue weighted by Crippen LogP contribution is 2.37. The maximum Gasteiger partial charge on any atom is 0.220 e. The molecule has 2 atom stereocenters. The van der Waals surface area contributed by atoms with Gasteiger partial charge in [0.1, 0.15) is 0 Å². The van der Waals surface area contributed by atoms with E-state index in [1.165, 1.54) is 6.07 Å². The molecule has 1 aliphatic carbocycles. The Labute approximate surface area is 130 Å². The number of carbonyl (C=O) groups excluding carboxylic acids is 1. The fourth-order valence-electron chi connectivity index (χ4n) is 2.91. The van der Waals surface area contributed by atoms with Gasteiger partial charge in [-0.3, -0.25) is 4.79 Å². The van der Waals surface area contributed by atoms with Gasteiger partial charge in [-0.1, -0.05) is 25.5 Å². The van der Waals surface area contributed by atoms with Crippen LogP contribution < -0.4 is 10.1 Å². The first-order valence-corrected chi connectivity index (χ1v) is 7.83. The van der Waals surface area contributed by atoms with E-state index in [1.54, 1.807) is 18.2 Å². The third-order valence-electron chi connectivity index (χ3n) is 4.42. The van der Waals surface area contributed by atoms with Crippen LogP contribution in [0, 0.1) is 11.2 Å². The van der Waals surface area contributed by atoms with Crippen molar-refractivity contribution in [3.63, 3.8) is 0 Å². The number of amides is 1. The molecular formula is C17H24FNO3. The largest absolute Gasteiger partial charge is 0.491 e. The van der Waals surface area contributed by atoms with E-state index in [-0.39, 0.29) is 29.7 Å². The van der Waals surface area contributed by atoms with Gasteiger partial charge in [0.25, 0.3) is 0 Å². The molecule has 0 saturated heterocycles. The van der Waals surface area contributed by atoms with E-state index in [1.807, 2.05) is 6.92 Å². The number of aliphatic hydroxyl groups is 1. The highest BCUT2D eigenvalue weighted by molar-refractivity contribution is 5.76. The molecule has 1 saturated carbocycles. The maximum atomic E-state index is 13.3. The van der Waals surface area contributed by atoms with Gasteiger partial charge in [0.15, 0.2) is 11.6 Å². The Morgan fingerprint density at radius 2 is 2.27 bits per heavy atom. The molecule has 2 unspecified atom stereocenters. The summed E-state index contributed by atoms with van der Waals surface area (Å²) in [5.41, 5.74) is -0.209. The lowest BCUT2D eigenvalue weighted by Crippen LogP contribution is -2.44. The summed E-state index contributed by atoms with van der Waals surface area (Å²) in [7, 11) is 0. The summed E-state index contributed by atoms with van der Waals surface area (Å²) in [5.74, 6) is -0.216. The average molecular weight is 309 g/mol. The Hall–Kier alpha value is -1.62. The molecule has 0 spiro atoms. The fourth-order valence-corrected chi connectivity index (χ4v) is 2.91. The molecule has 0 heterocycles. The summed E-state index contributed by atoms with van der Waals surface area (Å²) in [6, 6.07) is 6.27. The van der Waals surface area contributed by atoms with E-state index in [0.717, 1.165) is 19.3 Å². The second-order valence-electron chi connectivity index (χ2n) is 6.21. The lowest BCUT2D eigenvalue weighted by Gasteiger charge is -2.30. The van der Waals surface area contributed by atoms with Gasteiger partial charge in [0.2, 0.25) is 5.91 Å². The number of halogens is 1. The number of carbonyl (C=O) groups is 1. The van der Waals surface area contributed by atoms with E-state index in [9.17, 15) is 14.3 Å². The molecule has 1 aromatic carbocycles. The third-order valence-corrected chi connectivity index (χ3v) is 4.42. The third kappa shape index (κ3) is 4.19. The zero-order valence-electron chi connectivity index (χ0n) is 13.0. The molecule has 0 aromatic heterocycles. The van der Waals surface area contributed by atoms with Crippen molar-refractivity contribution in [3.8, 4) is 5.75 Å². The van der Waals surface area contributed by atoms with Crippen molar-refractivity contribution < 1.29 is 19.0 Å². The van der Waals surface area contributed by atoms with Gasteiger partial charge in [-0.2, -0.15) is 0 Å². The normalized spacial score (nSPS) is 24.2. The summed E-state index contributed by atoms with van der Waals surface area (Å²) in [5, 5.41) is 12.5. The molecule has 122 valence electrons. The second kappa shape index (κ2) is 7.58. The SMILES string of the molecule is CC1(CO)CCCC1NC(=O)CCCOc1ccccc1F. The Bertz CT molecular complexity index is 508. The Balaban J connectivity index is 1.69. The summed E-state index contributed by atoms with van der Waals surface area (Å²) >= 11 is 0. The molecule has 2 rings (SSSR count). The van der Waals surface area contributed by atoms with Crippen LogP contribution in [0.5, 0.6) is 5.75 Å². The maximum absolute atomic E-state index is 13.3. The molecule has 1 fully saturated rings.